The lowest BCUT2D eigenvalue weighted by atomic mass is 10.1. The van der Waals surface area contributed by atoms with Gasteiger partial charge in [-0.05, 0) is 58.5 Å². The molecule has 0 aromatic carbocycles. The van der Waals surface area contributed by atoms with E-state index < -0.39 is 0 Å². The second-order valence-corrected chi connectivity index (χ2v) is 7.38. The van der Waals surface area contributed by atoms with Crippen molar-refractivity contribution in [2.45, 2.75) is 53.0 Å². The van der Waals surface area contributed by atoms with Crippen LogP contribution in [-0.2, 0) is 4.74 Å². The summed E-state index contributed by atoms with van der Waals surface area (Å²) in [5.41, 5.74) is 0.243. The highest BCUT2D eigenvalue weighted by molar-refractivity contribution is 4.80. The van der Waals surface area contributed by atoms with Crippen LogP contribution in [0.15, 0.2) is 0 Å². The standard InChI is InChI=1S/C16H34N2O/c1-14(2)7-10-19-11-9-18-8-6-15(13-18)12-17-16(3,4)5/h14-15,17H,6-13H2,1-5H3. The summed E-state index contributed by atoms with van der Waals surface area (Å²) in [5.74, 6) is 1.56. The van der Waals surface area contributed by atoms with Crippen LogP contribution in [-0.4, -0.2) is 49.8 Å². The molecule has 0 aromatic heterocycles. The third kappa shape index (κ3) is 8.61. The fraction of sp³-hybridized carbons (Fsp3) is 1.00. The maximum Gasteiger partial charge on any atom is 0.0593 e. The predicted octanol–water partition coefficient (Wildman–Crippen LogP) is 2.76. The minimum Gasteiger partial charge on any atom is -0.380 e. The fourth-order valence-corrected chi connectivity index (χ4v) is 2.35. The normalized spacial score (nSPS) is 21.5. The molecular weight excluding hydrogens is 236 g/mol. The summed E-state index contributed by atoms with van der Waals surface area (Å²) in [6.45, 7) is 17.7. The first kappa shape index (κ1) is 16.9. The molecule has 3 nitrogen and oxygen atoms in total. The molecule has 0 spiro atoms. The molecule has 19 heavy (non-hydrogen) atoms. The van der Waals surface area contributed by atoms with Crippen LogP contribution in [0.4, 0.5) is 0 Å². The highest BCUT2D eigenvalue weighted by Crippen LogP contribution is 2.16. The van der Waals surface area contributed by atoms with E-state index in [4.69, 9.17) is 4.74 Å². The van der Waals surface area contributed by atoms with Gasteiger partial charge in [0.25, 0.3) is 0 Å². The number of hydrogen-bond acceptors (Lipinski definition) is 3. The van der Waals surface area contributed by atoms with E-state index in [-0.39, 0.29) is 5.54 Å². The zero-order valence-electron chi connectivity index (χ0n) is 13.7. The summed E-state index contributed by atoms with van der Waals surface area (Å²) in [7, 11) is 0. The van der Waals surface area contributed by atoms with Crippen molar-refractivity contribution < 1.29 is 4.74 Å². The number of nitrogens with one attached hydrogen (secondary N) is 1. The van der Waals surface area contributed by atoms with Gasteiger partial charge in [0, 0.05) is 25.2 Å². The molecule has 3 heteroatoms. The van der Waals surface area contributed by atoms with Crippen molar-refractivity contribution in [3.05, 3.63) is 0 Å². The minimum absolute atomic E-state index is 0.243. The lowest BCUT2D eigenvalue weighted by Gasteiger charge is -2.23. The first-order valence-electron chi connectivity index (χ1n) is 7.92. The highest BCUT2D eigenvalue weighted by atomic mass is 16.5. The Morgan fingerprint density at radius 3 is 2.63 bits per heavy atom. The Morgan fingerprint density at radius 2 is 2.00 bits per heavy atom. The van der Waals surface area contributed by atoms with Crippen molar-refractivity contribution >= 4 is 0 Å². The van der Waals surface area contributed by atoms with Gasteiger partial charge >= 0.3 is 0 Å². The molecule has 0 saturated carbocycles. The number of likely N-dealkylation sites (tertiary alicyclic amines) is 1. The molecule has 1 heterocycles. The Hall–Kier alpha value is -0.120. The van der Waals surface area contributed by atoms with Gasteiger partial charge in [-0.15, -0.1) is 0 Å². The molecule has 0 amide bonds. The third-order valence-electron chi connectivity index (χ3n) is 3.68. The second-order valence-electron chi connectivity index (χ2n) is 7.38. The summed E-state index contributed by atoms with van der Waals surface area (Å²) in [5, 5.41) is 3.62. The molecule has 1 unspecified atom stereocenters. The number of rotatable bonds is 8. The molecule has 1 aliphatic rings. The van der Waals surface area contributed by atoms with Crippen LogP contribution < -0.4 is 5.32 Å². The maximum atomic E-state index is 5.70. The smallest absolute Gasteiger partial charge is 0.0593 e. The van der Waals surface area contributed by atoms with Crippen LogP contribution in [0.5, 0.6) is 0 Å². The van der Waals surface area contributed by atoms with Crippen LogP contribution in [0.25, 0.3) is 0 Å². The molecule has 1 saturated heterocycles. The zero-order chi connectivity index (χ0) is 14.3. The molecule has 1 fully saturated rings. The summed E-state index contributed by atoms with van der Waals surface area (Å²) in [6, 6.07) is 0. The first-order valence-corrected chi connectivity index (χ1v) is 7.92. The molecular formula is C16H34N2O. The Kier molecular flexibility index (Phi) is 7.33. The van der Waals surface area contributed by atoms with Gasteiger partial charge in [0.15, 0.2) is 0 Å². The van der Waals surface area contributed by atoms with Gasteiger partial charge in [0.2, 0.25) is 0 Å². The van der Waals surface area contributed by atoms with E-state index in [2.05, 4.69) is 44.8 Å². The van der Waals surface area contributed by atoms with Crippen LogP contribution >= 0.6 is 0 Å². The van der Waals surface area contributed by atoms with E-state index in [9.17, 15) is 0 Å². The van der Waals surface area contributed by atoms with E-state index in [1.54, 1.807) is 0 Å². The Balaban J connectivity index is 2.02. The molecule has 0 bridgehead atoms. The minimum atomic E-state index is 0.243. The van der Waals surface area contributed by atoms with Gasteiger partial charge in [-0.2, -0.15) is 0 Å². The van der Waals surface area contributed by atoms with Gasteiger partial charge in [0.05, 0.1) is 6.61 Å². The third-order valence-corrected chi connectivity index (χ3v) is 3.68. The van der Waals surface area contributed by atoms with Gasteiger partial charge in [-0.25, -0.2) is 0 Å². The van der Waals surface area contributed by atoms with Gasteiger partial charge in [-0.3, -0.25) is 0 Å². The average molecular weight is 270 g/mol. The fourth-order valence-electron chi connectivity index (χ4n) is 2.35. The van der Waals surface area contributed by atoms with Crippen LogP contribution in [0.1, 0.15) is 47.5 Å². The Morgan fingerprint density at radius 1 is 1.26 bits per heavy atom. The van der Waals surface area contributed by atoms with Crippen molar-refractivity contribution in [3.8, 4) is 0 Å². The summed E-state index contributed by atoms with van der Waals surface area (Å²) in [6.07, 6.45) is 2.51. The maximum absolute atomic E-state index is 5.70. The summed E-state index contributed by atoms with van der Waals surface area (Å²) >= 11 is 0. The van der Waals surface area contributed by atoms with Crippen LogP contribution in [0, 0.1) is 11.8 Å². The SMILES string of the molecule is CC(C)CCOCCN1CCC(CNC(C)(C)C)C1. The molecule has 1 rings (SSSR count). The summed E-state index contributed by atoms with van der Waals surface area (Å²) < 4.78 is 5.70. The van der Waals surface area contributed by atoms with Gasteiger partial charge < -0.3 is 15.0 Å². The van der Waals surface area contributed by atoms with Crippen molar-refractivity contribution in [3.63, 3.8) is 0 Å². The lowest BCUT2D eigenvalue weighted by Crippen LogP contribution is -2.39. The molecule has 1 N–H and O–H groups in total. The van der Waals surface area contributed by atoms with E-state index in [0.717, 1.165) is 38.1 Å². The van der Waals surface area contributed by atoms with E-state index in [1.807, 2.05) is 0 Å². The Bertz CT molecular complexity index is 235. The van der Waals surface area contributed by atoms with E-state index in [0.29, 0.717) is 0 Å². The Labute approximate surface area is 120 Å². The number of hydrogen-bond donors (Lipinski definition) is 1. The van der Waals surface area contributed by atoms with Crippen molar-refractivity contribution in [2.24, 2.45) is 11.8 Å². The summed E-state index contributed by atoms with van der Waals surface area (Å²) in [4.78, 5) is 2.55. The second kappa shape index (κ2) is 8.23. The van der Waals surface area contributed by atoms with Crippen molar-refractivity contribution in [2.75, 3.05) is 39.4 Å². The van der Waals surface area contributed by atoms with Crippen molar-refractivity contribution in [1.29, 1.82) is 0 Å². The predicted molar refractivity (Wildman–Crippen MR) is 82.6 cm³/mol. The molecule has 0 aromatic rings. The molecule has 1 aliphatic heterocycles. The monoisotopic (exact) mass is 270 g/mol. The van der Waals surface area contributed by atoms with Crippen LogP contribution in [0.3, 0.4) is 0 Å². The van der Waals surface area contributed by atoms with Gasteiger partial charge in [0.1, 0.15) is 0 Å². The highest BCUT2D eigenvalue weighted by Gasteiger charge is 2.23. The largest absolute Gasteiger partial charge is 0.380 e. The quantitative estimate of drug-likeness (QED) is 0.686. The van der Waals surface area contributed by atoms with E-state index >= 15 is 0 Å². The molecule has 1 atom stereocenters. The topological polar surface area (TPSA) is 24.5 Å². The number of ether oxygens (including phenoxy) is 1. The van der Waals surface area contributed by atoms with E-state index in [1.165, 1.54) is 25.9 Å². The number of nitrogens with zero attached hydrogens (tertiary/aromatic N) is 1. The first-order chi connectivity index (χ1) is 8.87. The zero-order valence-corrected chi connectivity index (χ0v) is 13.7. The van der Waals surface area contributed by atoms with Crippen LogP contribution in [0.2, 0.25) is 0 Å². The average Bonchev–Trinajstić information content (AvgIpc) is 2.72. The molecule has 114 valence electrons. The molecule has 0 radical (unpaired) electrons. The molecule has 0 aliphatic carbocycles. The van der Waals surface area contributed by atoms with Gasteiger partial charge in [-0.1, -0.05) is 13.8 Å². The lowest BCUT2D eigenvalue weighted by molar-refractivity contribution is 0.102. The van der Waals surface area contributed by atoms with Crippen molar-refractivity contribution in [1.82, 2.24) is 10.2 Å².